The Bertz CT molecular complexity index is 331. The quantitative estimate of drug-likeness (QED) is 0.774. The Balaban J connectivity index is 1.95. The van der Waals surface area contributed by atoms with Crippen LogP contribution < -0.4 is 5.32 Å². The molecule has 1 aromatic rings. The zero-order valence-electron chi connectivity index (χ0n) is 11.2. The van der Waals surface area contributed by atoms with Crippen LogP contribution in [0.3, 0.4) is 0 Å². The van der Waals surface area contributed by atoms with Crippen molar-refractivity contribution in [2.75, 3.05) is 0 Å². The lowest BCUT2D eigenvalue weighted by atomic mass is 9.92. The van der Waals surface area contributed by atoms with Gasteiger partial charge in [-0.05, 0) is 49.1 Å². The number of thiophene rings is 1. The lowest BCUT2D eigenvalue weighted by Gasteiger charge is -2.28. The molecule has 2 heteroatoms. The topological polar surface area (TPSA) is 12.0 Å². The zero-order chi connectivity index (χ0) is 12.1. The van der Waals surface area contributed by atoms with Gasteiger partial charge < -0.3 is 5.32 Å². The average molecular weight is 251 g/mol. The fourth-order valence-corrected chi connectivity index (χ4v) is 3.79. The van der Waals surface area contributed by atoms with E-state index in [1.807, 2.05) is 11.3 Å². The molecule has 0 saturated heterocycles. The molecule has 0 aliphatic heterocycles. The van der Waals surface area contributed by atoms with Crippen molar-refractivity contribution in [2.24, 2.45) is 0 Å². The van der Waals surface area contributed by atoms with E-state index < -0.39 is 0 Å². The fourth-order valence-electron chi connectivity index (χ4n) is 2.80. The number of fused-ring (bicyclic) bond motifs is 1. The van der Waals surface area contributed by atoms with Gasteiger partial charge >= 0.3 is 0 Å². The predicted octanol–water partition coefficient (Wildman–Crippen LogP) is 4.68. The molecule has 17 heavy (non-hydrogen) atoms. The summed E-state index contributed by atoms with van der Waals surface area (Å²) in [5.41, 5.74) is 1.59. The molecule has 1 N–H and O–H groups in total. The van der Waals surface area contributed by atoms with Crippen molar-refractivity contribution >= 4 is 11.3 Å². The van der Waals surface area contributed by atoms with Crippen LogP contribution in [0.1, 0.15) is 68.9 Å². The normalized spacial score (nSPS) is 21.2. The van der Waals surface area contributed by atoms with Crippen LogP contribution in [0.5, 0.6) is 0 Å². The van der Waals surface area contributed by atoms with E-state index in [0.29, 0.717) is 12.1 Å². The largest absolute Gasteiger partial charge is 0.307 e. The summed E-state index contributed by atoms with van der Waals surface area (Å²) in [6.45, 7) is 4.59. The van der Waals surface area contributed by atoms with Crippen molar-refractivity contribution < 1.29 is 0 Å². The van der Waals surface area contributed by atoms with E-state index in [1.165, 1.54) is 44.9 Å². The molecule has 96 valence electrons. The summed E-state index contributed by atoms with van der Waals surface area (Å²) in [5.74, 6) is 0. The van der Waals surface area contributed by atoms with Gasteiger partial charge in [0, 0.05) is 17.0 Å². The van der Waals surface area contributed by atoms with Gasteiger partial charge in [0.15, 0.2) is 0 Å². The molecular formula is C15H25NS. The molecule has 0 fully saturated rings. The predicted molar refractivity (Wildman–Crippen MR) is 76.7 cm³/mol. The average Bonchev–Trinajstić information content (AvgIpc) is 2.83. The second-order valence-corrected chi connectivity index (χ2v) is 6.16. The third-order valence-corrected chi connectivity index (χ3v) is 4.88. The smallest absolute Gasteiger partial charge is 0.0333 e. The molecule has 1 aliphatic carbocycles. The zero-order valence-corrected chi connectivity index (χ0v) is 12.0. The van der Waals surface area contributed by atoms with E-state index in [4.69, 9.17) is 0 Å². The monoisotopic (exact) mass is 251 g/mol. The molecule has 0 saturated carbocycles. The van der Waals surface area contributed by atoms with Crippen molar-refractivity contribution in [1.82, 2.24) is 5.32 Å². The van der Waals surface area contributed by atoms with Gasteiger partial charge in [0.1, 0.15) is 0 Å². The van der Waals surface area contributed by atoms with Gasteiger partial charge in [-0.2, -0.15) is 0 Å². The van der Waals surface area contributed by atoms with Crippen LogP contribution in [0.2, 0.25) is 0 Å². The Labute approximate surface area is 110 Å². The van der Waals surface area contributed by atoms with Crippen molar-refractivity contribution in [3.8, 4) is 0 Å². The highest BCUT2D eigenvalue weighted by Crippen LogP contribution is 2.33. The van der Waals surface area contributed by atoms with Crippen LogP contribution in [-0.4, -0.2) is 6.04 Å². The molecule has 2 unspecified atom stereocenters. The van der Waals surface area contributed by atoms with E-state index in [9.17, 15) is 0 Å². The van der Waals surface area contributed by atoms with Gasteiger partial charge in [0.2, 0.25) is 0 Å². The summed E-state index contributed by atoms with van der Waals surface area (Å²) in [7, 11) is 0. The van der Waals surface area contributed by atoms with Gasteiger partial charge in [-0.1, -0.05) is 26.7 Å². The molecule has 0 bridgehead atoms. The summed E-state index contributed by atoms with van der Waals surface area (Å²) in [5, 5.41) is 6.15. The Morgan fingerprint density at radius 3 is 3.12 bits per heavy atom. The highest BCUT2D eigenvalue weighted by atomic mass is 32.1. The molecule has 2 atom stereocenters. The highest BCUT2D eigenvalue weighted by molar-refractivity contribution is 7.10. The Hall–Kier alpha value is -0.340. The lowest BCUT2D eigenvalue weighted by molar-refractivity contribution is 0.367. The molecule has 0 spiro atoms. The number of aryl methyl sites for hydroxylation is 1. The Kier molecular flexibility index (Phi) is 5.05. The number of unbranched alkanes of at least 4 members (excludes halogenated alkanes) is 1. The summed E-state index contributed by atoms with van der Waals surface area (Å²) in [4.78, 5) is 1.62. The third-order valence-electron chi connectivity index (χ3n) is 3.89. The van der Waals surface area contributed by atoms with Crippen LogP contribution in [0.15, 0.2) is 11.4 Å². The highest BCUT2D eigenvalue weighted by Gasteiger charge is 2.22. The van der Waals surface area contributed by atoms with E-state index in [1.54, 1.807) is 10.4 Å². The number of rotatable bonds is 6. The van der Waals surface area contributed by atoms with Gasteiger partial charge in [0.25, 0.3) is 0 Å². The first-order valence-electron chi connectivity index (χ1n) is 7.17. The van der Waals surface area contributed by atoms with Gasteiger partial charge in [-0.3, -0.25) is 0 Å². The van der Waals surface area contributed by atoms with Crippen molar-refractivity contribution in [3.63, 3.8) is 0 Å². The Morgan fingerprint density at radius 2 is 2.35 bits per heavy atom. The van der Waals surface area contributed by atoms with Crippen LogP contribution in [-0.2, 0) is 6.42 Å². The molecule has 1 aromatic heterocycles. The molecular weight excluding hydrogens is 226 g/mol. The summed E-state index contributed by atoms with van der Waals surface area (Å²) in [6.07, 6.45) is 9.25. The van der Waals surface area contributed by atoms with Gasteiger partial charge in [-0.25, -0.2) is 0 Å². The second kappa shape index (κ2) is 6.55. The molecule has 0 aromatic carbocycles. The number of nitrogens with one attached hydrogen (secondary N) is 1. The number of hydrogen-bond acceptors (Lipinski definition) is 2. The first-order valence-corrected chi connectivity index (χ1v) is 8.05. The van der Waals surface area contributed by atoms with Crippen LogP contribution in [0, 0.1) is 0 Å². The van der Waals surface area contributed by atoms with Gasteiger partial charge in [-0.15, -0.1) is 11.3 Å². The summed E-state index contributed by atoms with van der Waals surface area (Å²) in [6, 6.07) is 3.68. The first-order chi connectivity index (χ1) is 8.35. The van der Waals surface area contributed by atoms with E-state index in [0.717, 1.165) is 0 Å². The van der Waals surface area contributed by atoms with Crippen molar-refractivity contribution in [3.05, 3.63) is 21.9 Å². The van der Waals surface area contributed by atoms with E-state index in [-0.39, 0.29) is 0 Å². The number of hydrogen-bond donors (Lipinski definition) is 1. The molecule has 1 nitrogen and oxygen atoms in total. The lowest BCUT2D eigenvalue weighted by Crippen LogP contribution is -2.33. The van der Waals surface area contributed by atoms with Crippen LogP contribution in [0.4, 0.5) is 0 Å². The summed E-state index contributed by atoms with van der Waals surface area (Å²) >= 11 is 1.94. The SMILES string of the molecule is CCCCC(CC)NC1CCCc2sccc21. The molecule has 2 rings (SSSR count). The maximum atomic E-state index is 3.89. The minimum atomic E-state index is 0.631. The van der Waals surface area contributed by atoms with E-state index in [2.05, 4.69) is 30.6 Å². The molecule has 0 amide bonds. The minimum Gasteiger partial charge on any atom is -0.307 e. The molecule has 1 aliphatic rings. The summed E-state index contributed by atoms with van der Waals surface area (Å²) < 4.78 is 0. The Morgan fingerprint density at radius 1 is 1.47 bits per heavy atom. The van der Waals surface area contributed by atoms with E-state index >= 15 is 0 Å². The molecule has 0 radical (unpaired) electrons. The fraction of sp³-hybridized carbons (Fsp3) is 0.733. The maximum Gasteiger partial charge on any atom is 0.0333 e. The maximum absolute atomic E-state index is 3.89. The molecule has 1 heterocycles. The first kappa shape index (κ1) is 13.1. The third kappa shape index (κ3) is 3.32. The van der Waals surface area contributed by atoms with Crippen LogP contribution >= 0.6 is 11.3 Å². The van der Waals surface area contributed by atoms with Crippen molar-refractivity contribution in [1.29, 1.82) is 0 Å². The van der Waals surface area contributed by atoms with Crippen molar-refractivity contribution in [2.45, 2.75) is 70.9 Å². The standard InChI is InChI=1S/C15H25NS/c1-3-5-7-12(4-2)16-14-8-6-9-15-13(14)10-11-17-15/h10-12,14,16H,3-9H2,1-2H3. The minimum absolute atomic E-state index is 0.631. The van der Waals surface area contributed by atoms with Crippen LogP contribution in [0.25, 0.3) is 0 Å². The second-order valence-electron chi connectivity index (χ2n) is 5.16. The van der Waals surface area contributed by atoms with Gasteiger partial charge in [0.05, 0.1) is 0 Å².